The molecule has 21 heavy (non-hydrogen) atoms. The average molecular weight is 315 g/mol. The molecule has 0 bridgehead atoms. The molecule has 0 fully saturated rings. The summed E-state index contributed by atoms with van der Waals surface area (Å²) in [6, 6.07) is 9.95. The van der Waals surface area contributed by atoms with Gasteiger partial charge in [0.2, 0.25) is 5.91 Å². The van der Waals surface area contributed by atoms with Crippen molar-refractivity contribution in [2.24, 2.45) is 11.1 Å². The Labute approximate surface area is 134 Å². The molecule has 1 amide bonds. The summed E-state index contributed by atoms with van der Waals surface area (Å²) >= 11 is 0. The molecule has 5 heteroatoms. The zero-order valence-corrected chi connectivity index (χ0v) is 14.0. The Morgan fingerprint density at radius 2 is 1.90 bits per heavy atom. The van der Waals surface area contributed by atoms with E-state index in [2.05, 4.69) is 13.8 Å². The van der Waals surface area contributed by atoms with Gasteiger partial charge in [0.25, 0.3) is 0 Å². The molecule has 0 atom stereocenters. The van der Waals surface area contributed by atoms with Gasteiger partial charge in [0.15, 0.2) is 0 Å². The normalized spacial score (nSPS) is 10.9. The number of carbonyl (C=O) groups excluding carboxylic acids is 1. The fourth-order valence-electron chi connectivity index (χ4n) is 1.91. The zero-order valence-electron chi connectivity index (χ0n) is 13.2. The van der Waals surface area contributed by atoms with Crippen molar-refractivity contribution in [2.45, 2.75) is 26.9 Å². The lowest BCUT2D eigenvalue weighted by atomic mass is 9.93. The minimum Gasteiger partial charge on any atom is -0.376 e. The van der Waals surface area contributed by atoms with Crippen LogP contribution in [-0.4, -0.2) is 37.6 Å². The maximum absolute atomic E-state index is 12.0. The van der Waals surface area contributed by atoms with Crippen molar-refractivity contribution >= 4 is 18.3 Å². The first-order chi connectivity index (χ1) is 9.44. The smallest absolute Gasteiger partial charge is 0.224 e. The number of rotatable bonds is 8. The van der Waals surface area contributed by atoms with Crippen LogP contribution in [0, 0.1) is 5.41 Å². The number of halogens is 1. The molecule has 0 unspecified atom stereocenters. The molecule has 0 saturated heterocycles. The van der Waals surface area contributed by atoms with Crippen LogP contribution < -0.4 is 5.73 Å². The maximum atomic E-state index is 12.0. The molecule has 0 saturated carbocycles. The van der Waals surface area contributed by atoms with Crippen LogP contribution in [-0.2, 0) is 16.1 Å². The van der Waals surface area contributed by atoms with Gasteiger partial charge in [-0.1, -0.05) is 44.2 Å². The molecule has 1 aromatic carbocycles. The molecule has 0 spiro atoms. The molecule has 1 aromatic rings. The van der Waals surface area contributed by atoms with E-state index >= 15 is 0 Å². The lowest BCUT2D eigenvalue weighted by molar-refractivity contribution is -0.132. The van der Waals surface area contributed by atoms with Gasteiger partial charge in [0, 0.05) is 13.6 Å². The summed E-state index contributed by atoms with van der Waals surface area (Å²) in [7, 11) is 1.82. The Bertz CT molecular complexity index is 410. The Hall–Kier alpha value is -1.10. The van der Waals surface area contributed by atoms with E-state index in [1.807, 2.05) is 37.4 Å². The molecule has 120 valence electrons. The topological polar surface area (TPSA) is 55.6 Å². The fourth-order valence-corrected chi connectivity index (χ4v) is 1.91. The predicted molar refractivity (Wildman–Crippen MR) is 88.4 cm³/mol. The first-order valence-electron chi connectivity index (χ1n) is 7.00. The van der Waals surface area contributed by atoms with Crippen LogP contribution in [0.2, 0.25) is 0 Å². The molecular weight excluding hydrogens is 288 g/mol. The summed E-state index contributed by atoms with van der Waals surface area (Å²) in [6.45, 7) is 6.34. The Morgan fingerprint density at radius 1 is 1.29 bits per heavy atom. The van der Waals surface area contributed by atoms with Gasteiger partial charge in [-0.3, -0.25) is 4.79 Å². The van der Waals surface area contributed by atoms with Crippen LogP contribution >= 0.6 is 12.4 Å². The molecule has 0 heterocycles. The Balaban J connectivity index is 0.00000400. The summed E-state index contributed by atoms with van der Waals surface area (Å²) in [5.74, 6) is 0.0968. The predicted octanol–water partition coefficient (Wildman–Crippen LogP) is 2.46. The lowest BCUT2D eigenvalue weighted by Gasteiger charge is -2.29. The highest BCUT2D eigenvalue weighted by molar-refractivity contribution is 5.85. The van der Waals surface area contributed by atoms with E-state index in [4.69, 9.17) is 10.5 Å². The second-order valence-corrected chi connectivity index (χ2v) is 5.91. The van der Waals surface area contributed by atoms with E-state index in [0.717, 1.165) is 5.56 Å². The highest BCUT2D eigenvalue weighted by atomic mass is 35.5. The zero-order chi connectivity index (χ0) is 15.0. The van der Waals surface area contributed by atoms with Gasteiger partial charge in [-0.2, -0.15) is 0 Å². The van der Waals surface area contributed by atoms with Gasteiger partial charge in [0.1, 0.15) is 0 Å². The van der Waals surface area contributed by atoms with E-state index in [9.17, 15) is 4.79 Å². The Morgan fingerprint density at radius 3 is 2.48 bits per heavy atom. The number of amides is 1. The number of hydrogen-bond donors (Lipinski definition) is 1. The van der Waals surface area contributed by atoms with Crippen molar-refractivity contribution < 1.29 is 9.53 Å². The molecule has 0 radical (unpaired) electrons. The minimum absolute atomic E-state index is 0. The molecule has 0 aromatic heterocycles. The number of hydrogen-bond acceptors (Lipinski definition) is 3. The van der Waals surface area contributed by atoms with E-state index in [-0.39, 0.29) is 23.7 Å². The van der Waals surface area contributed by atoms with Crippen LogP contribution in [0.5, 0.6) is 0 Å². The summed E-state index contributed by atoms with van der Waals surface area (Å²) in [5, 5.41) is 0. The molecule has 0 aliphatic heterocycles. The molecule has 1 rings (SSSR count). The van der Waals surface area contributed by atoms with Gasteiger partial charge in [0.05, 0.1) is 19.6 Å². The number of carbonyl (C=O) groups is 1. The van der Waals surface area contributed by atoms with E-state index in [0.29, 0.717) is 32.7 Å². The largest absolute Gasteiger partial charge is 0.376 e. The monoisotopic (exact) mass is 314 g/mol. The third kappa shape index (κ3) is 8.05. The highest BCUT2D eigenvalue weighted by Crippen LogP contribution is 2.14. The third-order valence-electron chi connectivity index (χ3n) is 3.22. The van der Waals surface area contributed by atoms with Crippen LogP contribution in [0.1, 0.15) is 25.8 Å². The van der Waals surface area contributed by atoms with Crippen molar-refractivity contribution in [3.05, 3.63) is 35.9 Å². The number of benzene rings is 1. The van der Waals surface area contributed by atoms with Gasteiger partial charge >= 0.3 is 0 Å². The summed E-state index contributed by atoms with van der Waals surface area (Å²) in [5.41, 5.74) is 6.75. The van der Waals surface area contributed by atoms with Gasteiger partial charge in [-0.05, 0) is 17.5 Å². The number of nitrogens with zero attached hydrogens (tertiary/aromatic N) is 1. The van der Waals surface area contributed by atoms with Crippen molar-refractivity contribution in [3.63, 3.8) is 0 Å². The lowest BCUT2D eigenvalue weighted by Crippen LogP contribution is -2.40. The third-order valence-corrected chi connectivity index (χ3v) is 3.22. The SMILES string of the molecule is CN(CC(C)(C)CN)C(=O)CCOCc1ccccc1.Cl. The standard InChI is InChI=1S/C16H26N2O2.ClH/c1-16(2,12-17)13-18(3)15(19)9-10-20-11-14-7-5-4-6-8-14;/h4-8H,9-13,17H2,1-3H3;1H. The summed E-state index contributed by atoms with van der Waals surface area (Å²) < 4.78 is 5.52. The van der Waals surface area contributed by atoms with E-state index in [1.54, 1.807) is 4.90 Å². The van der Waals surface area contributed by atoms with Crippen LogP contribution in [0.15, 0.2) is 30.3 Å². The Kier molecular flexibility index (Phi) is 9.26. The maximum Gasteiger partial charge on any atom is 0.224 e. The average Bonchev–Trinajstić information content (AvgIpc) is 2.44. The van der Waals surface area contributed by atoms with Crippen molar-refractivity contribution in [1.29, 1.82) is 0 Å². The van der Waals surface area contributed by atoms with Crippen LogP contribution in [0.3, 0.4) is 0 Å². The van der Waals surface area contributed by atoms with Gasteiger partial charge in [-0.25, -0.2) is 0 Å². The van der Waals surface area contributed by atoms with Crippen molar-refractivity contribution in [3.8, 4) is 0 Å². The van der Waals surface area contributed by atoms with E-state index < -0.39 is 0 Å². The van der Waals surface area contributed by atoms with E-state index in [1.165, 1.54) is 0 Å². The highest BCUT2D eigenvalue weighted by Gasteiger charge is 2.20. The minimum atomic E-state index is -0.0463. The second-order valence-electron chi connectivity index (χ2n) is 5.91. The molecule has 4 nitrogen and oxygen atoms in total. The number of nitrogens with two attached hydrogens (primary N) is 1. The molecular formula is C16H27ClN2O2. The summed E-state index contributed by atoms with van der Waals surface area (Å²) in [6.07, 6.45) is 0.407. The molecule has 2 N–H and O–H groups in total. The van der Waals surface area contributed by atoms with Gasteiger partial charge in [-0.15, -0.1) is 12.4 Å². The second kappa shape index (κ2) is 9.77. The molecule has 0 aliphatic carbocycles. The first kappa shape index (κ1) is 19.9. The van der Waals surface area contributed by atoms with Crippen LogP contribution in [0.25, 0.3) is 0 Å². The fraction of sp³-hybridized carbons (Fsp3) is 0.562. The number of ether oxygens (including phenoxy) is 1. The van der Waals surface area contributed by atoms with Crippen molar-refractivity contribution in [1.82, 2.24) is 4.90 Å². The molecule has 0 aliphatic rings. The quantitative estimate of drug-likeness (QED) is 0.750. The van der Waals surface area contributed by atoms with Crippen LogP contribution in [0.4, 0.5) is 0 Å². The van der Waals surface area contributed by atoms with Gasteiger partial charge < -0.3 is 15.4 Å². The van der Waals surface area contributed by atoms with Crippen molar-refractivity contribution in [2.75, 3.05) is 26.7 Å². The summed E-state index contributed by atoms with van der Waals surface area (Å²) in [4.78, 5) is 13.7. The first-order valence-corrected chi connectivity index (χ1v) is 7.00.